The molecule has 0 unspecified atom stereocenters. The van der Waals surface area contributed by atoms with Crippen molar-refractivity contribution in [1.82, 2.24) is 14.6 Å². The Hall–Kier alpha value is -0.360. The Balaban J connectivity index is 2.75. The number of rotatable bonds is 1. The van der Waals surface area contributed by atoms with E-state index in [0.29, 0.717) is 10.9 Å². The molecule has 14 heavy (non-hydrogen) atoms. The number of hydrogen-bond donors (Lipinski definition) is 0. The Morgan fingerprint density at radius 3 is 2.71 bits per heavy atom. The van der Waals surface area contributed by atoms with E-state index in [0.717, 1.165) is 15.2 Å². The van der Waals surface area contributed by atoms with Crippen LogP contribution < -0.4 is 0 Å². The van der Waals surface area contributed by atoms with E-state index in [1.807, 2.05) is 12.1 Å². The van der Waals surface area contributed by atoms with Gasteiger partial charge in [-0.1, -0.05) is 25.4 Å². The van der Waals surface area contributed by atoms with E-state index >= 15 is 0 Å². The minimum absolute atomic E-state index is 0.321. The molecule has 5 heteroatoms. The molecule has 0 amide bonds. The van der Waals surface area contributed by atoms with Gasteiger partial charge in [0.2, 0.25) is 0 Å². The molecule has 2 rings (SSSR count). The summed E-state index contributed by atoms with van der Waals surface area (Å²) in [5, 5.41) is 5.03. The minimum Gasteiger partial charge on any atom is -0.210 e. The molecule has 2 heterocycles. The van der Waals surface area contributed by atoms with E-state index in [-0.39, 0.29) is 0 Å². The number of hydrogen-bond acceptors (Lipinski definition) is 2. The first-order valence-electron chi connectivity index (χ1n) is 4.30. The first-order valence-corrected chi connectivity index (χ1v) is 5.76. The number of fused-ring (bicyclic) bond motifs is 1. The van der Waals surface area contributed by atoms with Gasteiger partial charge in [-0.15, -0.1) is 5.10 Å². The smallest absolute Gasteiger partial charge is 0.175 e. The average Bonchev–Trinajstić information content (AvgIpc) is 2.57. The summed E-state index contributed by atoms with van der Waals surface area (Å²) < 4.78 is 2.79. The molecule has 0 aliphatic rings. The maximum Gasteiger partial charge on any atom is 0.175 e. The van der Waals surface area contributed by atoms with E-state index in [4.69, 9.17) is 11.6 Å². The van der Waals surface area contributed by atoms with Gasteiger partial charge < -0.3 is 0 Å². The third-order valence-corrected chi connectivity index (χ3v) is 3.03. The molecule has 0 atom stereocenters. The first kappa shape index (κ1) is 10.2. The van der Waals surface area contributed by atoms with Crippen molar-refractivity contribution in [1.29, 1.82) is 0 Å². The monoisotopic (exact) mass is 321 g/mol. The van der Waals surface area contributed by atoms with Gasteiger partial charge in [-0.2, -0.15) is 0 Å². The maximum absolute atomic E-state index is 6.02. The largest absolute Gasteiger partial charge is 0.210 e. The molecule has 0 spiro atoms. The average molecular weight is 322 g/mol. The highest BCUT2D eigenvalue weighted by Crippen LogP contribution is 2.20. The summed E-state index contributed by atoms with van der Waals surface area (Å²) >= 11 is 8.23. The van der Waals surface area contributed by atoms with E-state index < -0.39 is 0 Å². The second-order valence-corrected chi connectivity index (χ2v) is 4.88. The molecule has 2 aromatic heterocycles. The highest BCUT2D eigenvalue weighted by molar-refractivity contribution is 14.1. The van der Waals surface area contributed by atoms with Gasteiger partial charge in [-0.3, -0.25) is 0 Å². The molecular formula is C9H9ClIN3. The minimum atomic E-state index is 0.321. The molecule has 0 N–H and O–H groups in total. The second kappa shape index (κ2) is 3.66. The van der Waals surface area contributed by atoms with Crippen molar-refractivity contribution in [2.24, 2.45) is 0 Å². The first-order chi connectivity index (χ1) is 6.59. The van der Waals surface area contributed by atoms with E-state index in [2.05, 4.69) is 46.5 Å². The second-order valence-electron chi connectivity index (χ2n) is 3.36. The summed E-state index contributed by atoms with van der Waals surface area (Å²) in [5.41, 5.74) is 0.738. The lowest BCUT2D eigenvalue weighted by molar-refractivity contribution is 0.761. The van der Waals surface area contributed by atoms with Crippen molar-refractivity contribution < 1.29 is 0 Å². The lowest BCUT2D eigenvalue weighted by Crippen LogP contribution is -1.94. The van der Waals surface area contributed by atoms with Crippen molar-refractivity contribution in [3.8, 4) is 0 Å². The van der Waals surface area contributed by atoms with Crippen molar-refractivity contribution >= 4 is 39.8 Å². The molecule has 0 bridgehead atoms. The summed E-state index contributed by atoms with van der Waals surface area (Å²) in [6.07, 6.45) is 0. The molecule has 0 aliphatic carbocycles. The molecule has 0 radical (unpaired) electrons. The van der Waals surface area contributed by atoms with Crippen molar-refractivity contribution in [2.45, 2.75) is 19.8 Å². The van der Waals surface area contributed by atoms with Crippen LogP contribution in [0, 0.1) is 3.70 Å². The third kappa shape index (κ3) is 1.61. The molecule has 74 valence electrons. The predicted octanol–water partition coefficient (Wildman–Crippen LogP) is 3.11. The topological polar surface area (TPSA) is 30.2 Å². The Morgan fingerprint density at radius 2 is 2.14 bits per heavy atom. The standard InChI is InChI=1S/C9H9ClIN3/c1-5(2)8-12-9-6(10)3-4-7(11)14(9)13-8/h3-5H,1-2H3. The van der Waals surface area contributed by atoms with Gasteiger partial charge in [0.05, 0.1) is 5.02 Å². The number of halogens is 2. The molecule has 0 saturated carbocycles. The van der Waals surface area contributed by atoms with Gasteiger partial charge in [-0.25, -0.2) is 9.50 Å². The zero-order valence-electron chi connectivity index (χ0n) is 7.83. The van der Waals surface area contributed by atoms with Gasteiger partial charge in [0, 0.05) is 5.92 Å². The number of aromatic nitrogens is 3. The fraction of sp³-hybridized carbons (Fsp3) is 0.333. The van der Waals surface area contributed by atoms with Gasteiger partial charge in [0.1, 0.15) is 3.70 Å². The molecule has 0 aliphatic heterocycles. The van der Waals surface area contributed by atoms with Gasteiger partial charge in [0.15, 0.2) is 11.5 Å². The van der Waals surface area contributed by atoms with Crippen LogP contribution in [0.2, 0.25) is 5.02 Å². The summed E-state index contributed by atoms with van der Waals surface area (Å²) in [6.45, 7) is 4.13. The Bertz CT molecular complexity index is 439. The molecule has 3 nitrogen and oxygen atoms in total. The number of pyridine rings is 1. The normalized spacial score (nSPS) is 11.5. The fourth-order valence-corrected chi connectivity index (χ4v) is 1.86. The summed E-state index contributed by atoms with van der Waals surface area (Å²) in [7, 11) is 0. The Labute approximate surface area is 101 Å². The molecule has 0 saturated heterocycles. The predicted molar refractivity (Wildman–Crippen MR) is 64.8 cm³/mol. The van der Waals surface area contributed by atoms with Crippen LogP contribution in [-0.2, 0) is 0 Å². The molecule has 0 fully saturated rings. The van der Waals surface area contributed by atoms with Crippen LogP contribution in [0.3, 0.4) is 0 Å². The Morgan fingerprint density at radius 1 is 1.43 bits per heavy atom. The Kier molecular flexibility index (Phi) is 2.66. The fourth-order valence-electron chi connectivity index (χ4n) is 1.16. The third-order valence-electron chi connectivity index (χ3n) is 1.92. The zero-order chi connectivity index (χ0) is 10.3. The highest BCUT2D eigenvalue weighted by Gasteiger charge is 2.11. The van der Waals surface area contributed by atoms with Crippen molar-refractivity contribution in [3.05, 3.63) is 26.7 Å². The van der Waals surface area contributed by atoms with Crippen LogP contribution in [0.4, 0.5) is 0 Å². The van der Waals surface area contributed by atoms with Gasteiger partial charge >= 0.3 is 0 Å². The van der Waals surface area contributed by atoms with Gasteiger partial charge in [-0.05, 0) is 34.7 Å². The van der Waals surface area contributed by atoms with Crippen LogP contribution in [0.15, 0.2) is 12.1 Å². The van der Waals surface area contributed by atoms with Gasteiger partial charge in [0.25, 0.3) is 0 Å². The quantitative estimate of drug-likeness (QED) is 0.597. The van der Waals surface area contributed by atoms with Crippen LogP contribution in [-0.4, -0.2) is 14.6 Å². The number of nitrogens with zero attached hydrogens (tertiary/aromatic N) is 3. The summed E-state index contributed by atoms with van der Waals surface area (Å²) in [5.74, 6) is 1.15. The zero-order valence-corrected chi connectivity index (χ0v) is 10.7. The van der Waals surface area contributed by atoms with Crippen molar-refractivity contribution in [2.75, 3.05) is 0 Å². The summed E-state index contributed by atoms with van der Waals surface area (Å²) in [6, 6.07) is 3.77. The van der Waals surface area contributed by atoms with E-state index in [9.17, 15) is 0 Å². The lowest BCUT2D eigenvalue weighted by atomic mass is 10.2. The van der Waals surface area contributed by atoms with E-state index in [1.54, 1.807) is 4.52 Å². The molecule has 0 aromatic carbocycles. The summed E-state index contributed by atoms with van der Waals surface area (Å²) in [4.78, 5) is 4.39. The lowest BCUT2D eigenvalue weighted by Gasteiger charge is -1.96. The van der Waals surface area contributed by atoms with Crippen molar-refractivity contribution in [3.63, 3.8) is 0 Å². The highest BCUT2D eigenvalue weighted by atomic mass is 127. The molecule has 2 aromatic rings. The molecular weight excluding hydrogens is 312 g/mol. The van der Waals surface area contributed by atoms with Crippen LogP contribution in [0.1, 0.15) is 25.6 Å². The van der Waals surface area contributed by atoms with E-state index in [1.165, 1.54) is 0 Å². The van der Waals surface area contributed by atoms with Crippen LogP contribution >= 0.6 is 34.2 Å². The SMILES string of the molecule is CC(C)c1nc2c(Cl)ccc(I)n2n1. The van der Waals surface area contributed by atoms with Crippen LogP contribution in [0.25, 0.3) is 5.65 Å². The van der Waals surface area contributed by atoms with Crippen LogP contribution in [0.5, 0.6) is 0 Å². The maximum atomic E-state index is 6.02.